The number of nitrogens with zero attached hydrogens (tertiary/aromatic N) is 3. The third-order valence-corrected chi connectivity index (χ3v) is 3.93. The molecule has 0 bridgehead atoms. The predicted octanol–water partition coefficient (Wildman–Crippen LogP) is 4.11. The second-order valence-corrected chi connectivity index (χ2v) is 5.82. The summed E-state index contributed by atoms with van der Waals surface area (Å²) in [4.78, 5) is 16.0. The minimum Gasteiger partial charge on any atom is -0.465 e. The van der Waals surface area contributed by atoms with E-state index in [2.05, 4.69) is 25.8 Å². The first-order valence-electron chi connectivity index (χ1n) is 7.74. The van der Waals surface area contributed by atoms with E-state index in [1.165, 1.54) is 13.3 Å². The Morgan fingerprint density at radius 2 is 1.92 bits per heavy atom. The van der Waals surface area contributed by atoms with Gasteiger partial charge in [0.1, 0.15) is 0 Å². The number of methoxy groups -OCH3 is 1. The van der Waals surface area contributed by atoms with Gasteiger partial charge < -0.3 is 15.4 Å². The molecule has 2 N–H and O–H groups in total. The Morgan fingerprint density at radius 1 is 1.12 bits per heavy atom. The number of benzene rings is 2. The van der Waals surface area contributed by atoms with Crippen LogP contribution < -0.4 is 10.6 Å². The molecule has 0 spiro atoms. The number of carbonyl (C=O) groups is 1. The number of ether oxygens (including phenoxy) is 1. The molecular weight excluding hydrogens is 354 g/mol. The van der Waals surface area contributed by atoms with Gasteiger partial charge in [0.25, 0.3) is 0 Å². The first-order valence-corrected chi connectivity index (χ1v) is 8.12. The van der Waals surface area contributed by atoms with Gasteiger partial charge in [-0.25, -0.2) is 4.79 Å². The number of anilines is 4. The van der Waals surface area contributed by atoms with E-state index in [-0.39, 0.29) is 0 Å². The SMILES string of the molecule is COC(=O)c1ccc(Cl)c(Nc2cnnc(Nc3ccccc3C)n2)c1. The van der Waals surface area contributed by atoms with Crippen LogP contribution in [-0.2, 0) is 4.74 Å². The lowest BCUT2D eigenvalue weighted by Gasteiger charge is -2.11. The Balaban J connectivity index is 1.83. The molecule has 0 atom stereocenters. The maximum Gasteiger partial charge on any atom is 0.337 e. The number of hydrogen-bond donors (Lipinski definition) is 2. The smallest absolute Gasteiger partial charge is 0.337 e. The molecule has 0 radical (unpaired) electrons. The van der Waals surface area contributed by atoms with Crippen LogP contribution in [0, 0.1) is 6.92 Å². The maximum atomic E-state index is 11.7. The van der Waals surface area contributed by atoms with E-state index < -0.39 is 5.97 Å². The molecule has 0 aliphatic heterocycles. The highest BCUT2D eigenvalue weighted by molar-refractivity contribution is 6.33. The van der Waals surface area contributed by atoms with E-state index in [9.17, 15) is 4.79 Å². The van der Waals surface area contributed by atoms with Gasteiger partial charge in [-0.3, -0.25) is 0 Å². The number of aromatic nitrogens is 3. The predicted molar refractivity (Wildman–Crippen MR) is 100 cm³/mol. The Bertz CT molecular complexity index is 948. The highest BCUT2D eigenvalue weighted by atomic mass is 35.5. The van der Waals surface area contributed by atoms with Crippen LogP contribution in [0.2, 0.25) is 5.02 Å². The van der Waals surface area contributed by atoms with Gasteiger partial charge in [-0.15, -0.1) is 5.10 Å². The third kappa shape index (κ3) is 4.07. The summed E-state index contributed by atoms with van der Waals surface area (Å²) in [6, 6.07) is 12.6. The van der Waals surface area contributed by atoms with E-state index in [0.29, 0.717) is 28.0 Å². The minimum atomic E-state index is -0.451. The van der Waals surface area contributed by atoms with Crippen LogP contribution in [0.5, 0.6) is 0 Å². The lowest BCUT2D eigenvalue weighted by atomic mass is 10.2. The second kappa shape index (κ2) is 7.79. The number of para-hydroxylation sites is 1. The van der Waals surface area contributed by atoms with Crippen LogP contribution in [-0.4, -0.2) is 28.3 Å². The van der Waals surface area contributed by atoms with Crippen molar-refractivity contribution in [1.82, 2.24) is 15.2 Å². The average Bonchev–Trinajstić information content (AvgIpc) is 2.65. The molecule has 0 saturated carbocycles. The summed E-state index contributed by atoms with van der Waals surface area (Å²) in [5.41, 5.74) is 2.83. The van der Waals surface area contributed by atoms with Crippen molar-refractivity contribution < 1.29 is 9.53 Å². The minimum absolute atomic E-state index is 0.338. The van der Waals surface area contributed by atoms with Crippen LogP contribution in [0.4, 0.5) is 23.1 Å². The number of aryl methyl sites for hydroxylation is 1. The zero-order valence-electron chi connectivity index (χ0n) is 14.2. The molecular formula is C18H16ClN5O2. The normalized spacial score (nSPS) is 10.3. The van der Waals surface area contributed by atoms with Gasteiger partial charge in [0.05, 0.1) is 29.6 Å². The summed E-state index contributed by atoms with van der Waals surface area (Å²) < 4.78 is 4.72. The van der Waals surface area contributed by atoms with E-state index in [1.807, 2.05) is 31.2 Å². The second-order valence-electron chi connectivity index (χ2n) is 5.42. The molecule has 132 valence electrons. The van der Waals surface area contributed by atoms with Crippen LogP contribution in [0.15, 0.2) is 48.7 Å². The largest absolute Gasteiger partial charge is 0.465 e. The average molecular weight is 370 g/mol. The van der Waals surface area contributed by atoms with Crippen molar-refractivity contribution in [3.05, 3.63) is 64.8 Å². The van der Waals surface area contributed by atoms with Crippen molar-refractivity contribution in [1.29, 1.82) is 0 Å². The quantitative estimate of drug-likeness (QED) is 0.654. The first kappa shape index (κ1) is 17.6. The molecule has 8 heteroatoms. The molecule has 0 fully saturated rings. The topological polar surface area (TPSA) is 89.0 Å². The molecule has 0 unspecified atom stereocenters. The molecule has 1 aromatic heterocycles. The number of carbonyl (C=O) groups excluding carboxylic acids is 1. The molecule has 3 rings (SSSR count). The van der Waals surface area contributed by atoms with Crippen molar-refractivity contribution in [3.8, 4) is 0 Å². The van der Waals surface area contributed by atoms with Crippen LogP contribution >= 0.6 is 11.6 Å². The standard InChI is InChI=1S/C18H16ClN5O2/c1-11-5-3-4-6-14(11)22-18-23-16(10-20-24-18)21-15-9-12(17(25)26-2)7-8-13(15)19/h3-10H,1-2H3,(H2,21,22,23,24). The lowest BCUT2D eigenvalue weighted by Crippen LogP contribution is -2.05. The van der Waals surface area contributed by atoms with Gasteiger partial charge >= 0.3 is 5.97 Å². The van der Waals surface area contributed by atoms with Crippen molar-refractivity contribution in [2.45, 2.75) is 6.92 Å². The van der Waals surface area contributed by atoms with E-state index in [1.54, 1.807) is 18.2 Å². The molecule has 26 heavy (non-hydrogen) atoms. The molecule has 1 heterocycles. The Morgan fingerprint density at radius 3 is 2.69 bits per heavy atom. The van der Waals surface area contributed by atoms with E-state index >= 15 is 0 Å². The van der Waals surface area contributed by atoms with Gasteiger partial charge in [-0.2, -0.15) is 10.1 Å². The van der Waals surface area contributed by atoms with E-state index in [4.69, 9.17) is 16.3 Å². The summed E-state index contributed by atoms with van der Waals surface area (Å²) >= 11 is 6.19. The first-order chi connectivity index (χ1) is 12.6. The fourth-order valence-corrected chi connectivity index (χ4v) is 2.42. The van der Waals surface area contributed by atoms with Gasteiger partial charge in [0.2, 0.25) is 5.95 Å². The van der Waals surface area contributed by atoms with Crippen LogP contribution in [0.25, 0.3) is 0 Å². The van der Waals surface area contributed by atoms with Gasteiger partial charge in [-0.05, 0) is 36.8 Å². The fraction of sp³-hybridized carbons (Fsp3) is 0.111. The molecule has 0 aliphatic rings. The molecule has 0 amide bonds. The summed E-state index contributed by atoms with van der Waals surface area (Å²) in [6.07, 6.45) is 1.46. The number of hydrogen-bond acceptors (Lipinski definition) is 7. The Labute approximate surface area is 155 Å². The van der Waals surface area contributed by atoms with Crippen molar-refractivity contribution >= 4 is 40.7 Å². The molecule has 0 saturated heterocycles. The summed E-state index contributed by atoms with van der Waals surface area (Å²) in [5, 5.41) is 14.5. The van der Waals surface area contributed by atoms with Crippen LogP contribution in [0.3, 0.4) is 0 Å². The zero-order chi connectivity index (χ0) is 18.5. The Hall–Kier alpha value is -3.19. The molecule has 3 aromatic rings. The van der Waals surface area contributed by atoms with Gasteiger partial charge in [0, 0.05) is 5.69 Å². The number of esters is 1. The highest BCUT2D eigenvalue weighted by Crippen LogP contribution is 2.26. The summed E-state index contributed by atoms with van der Waals surface area (Å²) in [7, 11) is 1.32. The molecule has 7 nitrogen and oxygen atoms in total. The summed E-state index contributed by atoms with van der Waals surface area (Å²) in [5.74, 6) is 0.317. The van der Waals surface area contributed by atoms with E-state index in [0.717, 1.165) is 11.3 Å². The monoisotopic (exact) mass is 369 g/mol. The van der Waals surface area contributed by atoms with Crippen molar-refractivity contribution in [3.63, 3.8) is 0 Å². The van der Waals surface area contributed by atoms with Crippen molar-refractivity contribution in [2.75, 3.05) is 17.7 Å². The molecule has 2 aromatic carbocycles. The van der Waals surface area contributed by atoms with Crippen LogP contribution in [0.1, 0.15) is 15.9 Å². The lowest BCUT2D eigenvalue weighted by molar-refractivity contribution is 0.0601. The Kier molecular flexibility index (Phi) is 5.28. The van der Waals surface area contributed by atoms with Crippen molar-refractivity contribution in [2.24, 2.45) is 0 Å². The maximum absolute atomic E-state index is 11.7. The molecule has 0 aliphatic carbocycles. The highest BCUT2D eigenvalue weighted by Gasteiger charge is 2.10. The summed E-state index contributed by atoms with van der Waals surface area (Å²) in [6.45, 7) is 1.98. The van der Waals surface area contributed by atoms with Gasteiger partial charge in [0.15, 0.2) is 5.82 Å². The fourth-order valence-electron chi connectivity index (χ4n) is 2.25. The number of nitrogens with one attached hydrogen (secondary N) is 2. The number of rotatable bonds is 5. The zero-order valence-corrected chi connectivity index (χ0v) is 14.9. The number of halogens is 1. The third-order valence-electron chi connectivity index (χ3n) is 3.60. The van der Waals surface area contributed by atoms with Gasteiger partial charge in [-0.1, -0.05) is 29.8 Å².